The van der Waals surface area contributed by atoms with Gasteiger partial charge in [-0.05, 0) is 43.7 Å². The molecule has 0 saturated carbocycles. The van der Waals surface area contributed by atoms with Crippen molar-refractivity contribution in [2.45, 2.75) is 19.4 Å². The standard InChI is InChI=1S/C26H25N5O2/c1-17-20(14-27)25-28-21-10-6-7-11-22(21)31(25)26(24(17)18-8-4-3-5-9-18)30-13-12-19(15-30)29(2)16-23(32)33/h3-11,19H,12-13,15-16H2,1-2H3,(H,32,33)/t19-/m0/s1. The van der Waals surface area contributed by atoms with Crippen LogP contribution in [0, 0.1) is 18.3 Å². The fourth-order valence-corrected chi connectivity index (χ4v) is 5.00. The van der Waals surface area contributed by atoms with E-state index in [1.807, 2.05) is 61.3 Å². The number of imidazole rings is 1. The molecule has 1 saturated heterocycles. The zero-order valence-electron chi connectivity index (χ0n) is 18.7. The molecular weight excluding hydrogens is 414 g/mol. The summed E-state index contributed by atoms with van der Waals surface area (Å²) >= 11 is 0. The van der Waals surface area contributed by atoms with Crippen LogP contribution in [-0.4, -0.2) is 58.1 Å². The first-order chi connectivity index (χ1) is 16.0. The van der Waals surface area contributed by atoms with E-state index in [9.17, 15) is 15.2 Å². The summed E-state index contributed by atoms with van der Waals surface area (Å²) < 4.78 is 2.11. The molecule has 7 nitrogen and oxygen atoms in total. The van der Waals surface area contributed by atoms with E-state index < -0.39 is 5.97 Å². The number of rotatable bonds is 5. The first-order valence-corrected chi connectivity index (χ1v) is 11.1. The molecule has 166 valence electrons. The minimum atomic E-state index is -0.821. The van der Waals surface area contributed by atoms with Crippen LogP contribution >= 0.6 is 0 Å². The number of nitrogens with zero attached hydrogens (tertiary/aromatic N) is 5. The summed E-state index contributed by atoms with van der Waals surface area (Å²) in [6.07, 6.45) is 0.866. The lowest BCUT2D eigenvalue weighted by molar-refractivity contribution is -0.138. The van der Waals surface area contributed by atoms with Crippen molar-refractivity contribution in [1.82, 2.24) is 14.3 Å². The van der Waals surface area contributed by atoms with Crippen molar-refractivity contribution in [3.8, 4) is 17.2 Å². The van der Waals surface area contributed by atoms with E-state index in [4.69, 9.17) is 4.98 Å². The van der Waals surface area contributed by atoms with Crippen molar-refractivity contribution >= 4 is 28.5 Å². The first kappa shape index (κ1) is 21.0. The third-order valence-corrected chi connectivity index (χ3v) is 6.61. The van der Waals surface area contributed by atoms with Gasteiger partial charge in [0.2, 0.25) is 0 Å². The number of anilines is 1. The molecule has 1 aliphatic rings. The molecule has 5 rings (SSSR count). The van der Waals surface area contributed by atoms with Crippen molar-refractivity contribution < 1.29 is 9.90 Å². The normalized spacial score (nSPS) is 16.1. The van der Waals surface area contributed by atoms with E-state index in [2.05, 4.69) is 27.5 Å². The predicted molar refractivity (Wildman–Crippen MR) is 128 cm³/mol. The van der Waals surface area contributed by atoms with Gasteiger partial charge in [0.1, 0.15) is 11.9 Å². The Bertz CT molecular complexity index is 1400. The van der Waals surface area contributed by atoms with Gasteiger partial charge >= 0.3 is 5.97 Å². The molecule has 0 unspecified atom stereocenters. The lowest BCUT2D eigenvalue weighted by Crippen LogP contribution is -2.38. The number of aromatic nitrogens is 2. The number of carboxylic acid groups (broad SMARTS) is 1. The predicted octanol–water partition coefficient (Wildman–Crippen LogP) is 3.93. The highest BCUT2D eigenvalue weighted by Gasteiger charge is 2.32. The monoisotopic (exact) mass is 439 g/mol. The Morgan fingerprint density at radius 3 is 2.67 bits per heavy atom. The highest BCUT2D eigenvalue weighted by Crippen LogP contribution is 2.40. The Labute approximate surface area is 192 Å². The molecule has 0 bridgehead atoms. The number of aliphatic carboxylic acids is 1. The molecule has 4 aromatic rings. The van der Waals surface area contributed by atoms with E-state index in [0.717, 1.165) is 46.5 Å². The maximum atomic E-state index is 11.3. The van der Waals surface area contributed by atoms with Gasteiger partial charge in [0.05, 0.1) is 23.1 Å². The summed E-state index contributed by atoms with van der Waals surface area (Å²) in [6, 6.07) is 20.6. The summed E-state index contributed by atoms with van der Waals surface area (Å²) in [5.74, 6) is 0.186. The maximum absolute atomic E-state index is 11.3. The van der Waals surface area contributed by atoms with Gasteiger partial charge in [-0.15, -0.1) is 0 Å². The molecule has 2 aromatic heterocycles. The van der Waals surface area contributed by atoms with Gasteiger partial charge in [0, 0.05) is 24.7 Å². The topological polar surface area (TPSA) is 84.9 Å². The van der Waals surface area contributed by atoms with Crippen molar-refractivity contribution in [3.05, 3.63) is 65.7 Å². The van der Waals surface area contributed by atoms with Crippen LogP contribution in [0.25, 0.3) is 27.8 Å². The van der Waals surface area contributed by atoms with E-state index in [0.29, 0.717) is 17.8 Å². The molecule has 2 aromatic carbocycles. The van der Waals surface area contributed by atoms with Gasteiger partial charge in [0.15, 0.2) is 5.65 Å². The third-order valence-electron chi connectivity index (χ3n) is 6.61. The maximum Gasteiger partial charge on any atom is 0.317 e. The van der Waals surface area contributed by atoms with E-state index in [-0.39, 0.29) is 12.6 Å². The van der Waals surface area contributed by atoms with Gasteiger partial charge < -0.3 is 10.0 Å². The molecule has 1 atom stereocenters. The van der Waals surface area contributed by atoms with Crippen molar-refractivity contribution in [2.24, 2.45) is 0 Å². The molecule has 0 aliphatic carbocycles. The summed E-state index contributed by atoms with van der Waals surface area (Å²) in [6.45, 7) is 3.51. The molecule has 0 radical (unpaired) electrons. The van der Waals surface area contributed by atoms with Crippen molar-refractivity contribution in [1.29, 1.82) is 5.26 Å². The number of fused-ring (bicyclic) bond motifs is 3. The number of carboxylic acids is 1. The molecule has 1 fully saturated rings. The number of nitriles is 1. The zero-order chi connectivity index (χ0) is 23.1. The number of likely N-dealkylation sites (N-methyl/N-ethyl adjacent to an activating group) is 1. The lowest BCUT2D eigenvalue weighted by atomic mass is 9.97. The molecule has 7 heteroatoms. The highest BCUT2D eigenvalue weighted by molar-refractivity contribution is 5.92. The van der Waals surface area contributed by atoms with Crippen LogP contribution in [0.2, 0.25) is 0 Å². The average molecular weight is 440 g/mol. The van der Waals surface area contributed by atoms with Crippen LogP contribution < -0.4 is 4.90 Å². The zero-order valence-corrected chi connectivity index (χ0v) is 18.7. The van der Waals surface area contributed by atoms with Crippen LogP contribution in [0.15, 0.2) is 54.6 Å². The average Bonchev–Trinajstić information content (AvgIpc) is 3.44. The fourth-order valence-electron chi connectivity index (χ4n) is 5.00. The smallest absolute Gasteiger partial charge is 0.317 e. The van der Waals surface area contributed by atoms with Crippen LogP contribution in [0.3, 0.4) is 0 Å². The van der Waals surface area contributed by atoms with E-state index in [1.165, 1.54) is 0 Å². The minimum absolute atomic E-state index is 0.0138. The number of benzene rings is 2. The van der Waals surface area contributed by atoms with Crippen LogP contribution in [0.4, 0.5) is 5.82 Å². The highest BCUT2D eigenvalue weighted by atomic mass is 16.4. The molecular formula is C26H25N5O2. The van der Waals surface area contributed by atoms with Gasteiger partial charge in [-0.2, -0.15) is 5.26 Å². The molecule has 0 amide bonds. The van der Waals surface area contributed by atoms with Gasteiger partial charge in [-0.3, -0.25) is 14.1 Å². The van der Waals surface area contributed by atoms with Crippen molar-refractivity contribution in [3.63, 3.8) is 0 Å². The second-order valence-corrected chi connectivity index (χ2v) is 8.63. The Morgan fingerprint density at radius 2 is 1.94 bits per heavy atom. The van der Waals surface area contributed by atoms with Gasteiger partial charge in [0.25, 0.3) is 0 Å². The largest absolute Gasteiger partial charge is 0.480 e. The molecule has 33 heavy (non-hydrogen) atoms. The summed E-state index contributed by atoms with van der Waals surface area (Å²) in [5.41, 5.74) is 6.01. The summed E-state index contributed by atoms with van der Waals surface area (Å²) in [7, 11) is 1.87. The summed E-state index contributed by atoms with van der Waals surface area (Å²) in [5, 5.41) is 19.3. The van der Waals surface area contributed by atoms with Crippen LogP contribution in [0.1, 0.15) is 17.5 Å². The second-order valence-electron chi connectivity index (χ2n) is 8.63. The quantitative estimate of drug-likeness (QED) is 0.507. The Kier molecular flexibility index (Phi) is 5.23. The Morgan fingerprint density at radius 1 is 1.21 bits per heavy atom. The summed E-state index contributed by atoms with van der Waals surface area (Å²) in [4.78, 5) is 20.3. The second kappa shape index (κ2) is 8.23. The lowest BCUT2D eigenvalue weighted by Gasteiger charge is -2.27. The number of hydrogen-bond donors (Lipinski definition) is 1. The fraction of sp³-hybridized carbons (Fsp3) is 0.269. The van der Waals surface area contributed by atoms with Crippen molar-refractivity contribution in [2.75, 3.05) is 31.6 Å². The Hall–Kier alpha value is -3.89. The number of pyridine rings is 1. The van der Waals surface area contributed by atoms with E-state index in [1.54, 1.807) is 0 Å². The third kappa shape index (κ3) is 3.49. The number of para-hydroxylation sites is 2. The van der Waals surface area contributed by atoms with Crippen LogP contribution in [-0.2, 0) is 4.79 Å². The number of hydrogen-bond acceptors (Lipinski definition) is 5. The SMILES string of the molecule is Cc1c(-c2ccccc2)c(N2CC[C@H](N(C)CC(=O)O)C2)n2c(nc3ccccc32)c1C#N. The molecule has 3 heterocycles. The van der Waals surface area contributed by atoms with Gasteiger partial charge in [-0.25, -0.2) is 4.98 Å². The molecule has 0 spiro atoms. The Balaban J connectivity index is 1.78. The minimum Gasteiger partial charge on any atom is -0.480 e. The van der Waals surface area contributed by atoms with Gasteiger partial charge in [-0.1, -0.05) is 42.5 Å². The van der Waals surface area contributed by atoms with E-state index >= 15 is 0 Å². The first-order valence-electron chi connectivity index (χ1n) is 11.1. The van der Waals surface area contributed by atoms with Crippen LogP contribution in [0.5, 0.6) is 0 Å². The number of carbonyl (C=O) groups is 1. The molecule has 1 N–H and O–H groups in total. The molecule has 1 aliphatic heterocycles.